The summed E-state index contributed by atoms with van der Waals surface area (Å²) in [5, 5.41) is 20.8. The first-order valence-electron chi connectivity index (χ1n) is 9.27. The van der Waals surface area contributed by atoms with Gasteiger partial charge in [-0.05, 0) is 47.5 Å². The Morgan fingerprint density at radius 3 is 2.50 bits per heavy atom. The zero-order valence-electron chi connectivity index (χ0n) is 16.2. The molecule has 30 heavy (non-hydrogen) atoms. The van der Waals surface area contributed by atoms with Gasteiger partial charge in [-0.3, -0.25) is 4.79 Å². The van der Waals surface area contributed by atoms with Crippen molar-refractivity contribution in [2.75, 3.05) is 12.9 Å². The maximum atomic E-state index is 12.5. The highest BCUT2D eigenvalue weighted by molar-refractivity contribution is 7.99. The van der Waals surface area contributed by atoms with Crippen LogP contribution < -0.4 is 4.74 Å². The van der Waals surface area contributed by atoms with Crippen LogP contribution in [0.2, 0.25) is 0 Å². The zero-order valence-corrected chi connectivity index (χ0v) is 17.0. The van der Waals surface area contributed by atoms with E-state index in [9.17, 15) is 15.0 Å². The molecule has 4 aromatic rings. The van der Waals surface area contributed by atoms with E-state index >= 15 is 0 Å². The lowest BCUT2D eigenvalue weighted by molar-refractivity contribution is 0.102. The average Bonchev–Trinajstić information content (AvgIpc) is 2.78. The van der Waals surface area contributed by atoms with Gasteiger partial charge in [0.05, 0.1) is 23.4 Å². The lowest BCUT2D eigenvalue weighted by Crippen LogP contribution is -2.02. The molecule has 0 saturated carbocycles. The van der Waals surface area contributed by atoms with Crippen molar-refractivity contribution in [3.05, 3.63) is 78.4 Å². The Labute approximate surface area is 178 Å². The quantitative estimate of drug-likeness (QED) is 0.252. The van der Waals surface area contributed by atoms with E-state index in [1.165, 1.54) is 30.0 Å². The molecule has 5 nitrogen and oxygen atoms in total. The third-order valence-electron chi connectivity index (χ3n) is 4.73. The van der Waals surface area contributed by atoms with Crippen LogP contribution in [0.25, 0.3) is 22.0 Å². The molecule has 1 heterocycles. The van der Waals surface area contributed by atoms with Crippen LogP contribution in [-0.4, -0.2) is 33.8 Å². The number of aromatic nitrogens is 1. The lowest BCUT2D eigenvalue weighted by Gasteiger charge is -2.11. The van der Waals surface area contributed by atoms with Crippen LogP contribution in [0, 0.1) is 0 Å². The molecule has 0 amide bonds. The minimum atomic E-state index is -0.312. The fourth-order valence-corrected chi connectivity index (χ4v) is 3.97. The number of hydrogen-bond acceptors (Lipinski definition) is 6. The van der Waals surface area contributed by atoms with Crippen molar-refractivity contribution in [2.45, 2.75) is 5.03 Å². The summed E-state index contributed by atoms with van der Waals surface area (Å²) in [5.41, 5.74) is 3.21. The molecule has 0 aliphatic rings. The number of benzene rings is 3. The molecule has 0 unspecified atom stereocenters. The zero-order chi connectivity index (χ0) is 21.1. The SMILES string of the molecule is COc1ccc2c(-c3ccccc3)cc(SCC(=O)c3ccc(O)c(O)c3)nc2c1. The van der Waals surface area contributed by atoms with E-state index in [2.05, 4.69) is 0 Å². The summed E-state index contributed by atoms with van der Waals surface area (Å²) >= 11 is 1.32. The highest BCUT2D eigenvalue weighted by Crippen LogP contribution is 2.34. The monoisotopic (exact) mass is 417 g/mol. The molecule has 2 N–H and O–H groups in total. The molecule has 0 radical (unpaired) electrons. The number of ketones is 1. The maximum Gasteiger partial charge on any atom is 0.173 e. The van der Waals surface area contributed by atoms with Gasteiger partial charge < -0.3 is 14.9 Å². The number of methoxy groups -OCH3 is 1. The highest BCUT2D eigenvalue weighted by atomic mass is 32.2. The molecule has 4 rings (SSSR count). The second-order valence-electron chi connectivity index (χ2n) is 6.67. The van der Waals surface area contributed by atoms with E-state index in [4.69, 9.17) is 9.72 Å². The van der Waals surface area contributed by atoms with Crippen LogP contribution in [-0.2, 0) is 0 Å². The van der Waals surface area contributed by atoms with Crippen molar-refractivity contribution < 1.29 is 19.7 Å². The largest absolute Gasteiger partial charge is 0.504 e. The predicted octanol–water partition coefficient (Wildman–Crippen LogP) is 5.30. The first-order chi connectivity index (χ1) is 14.5. The van der Waals surface area contributed by atoms with Crippen molar-refractivity contribution in [1.29, 1.82) is 0 Å². The Balaban J connectivity index is 1.68. The normalized spacial score (nSPS) is 10.8. The number of ether oxygens (including phenoxy) is 1. The Morgan fingerprint density at radius 1 is 0.967 bits per heavy atom. The van der Waals surface area contributed by atoms with Crippen LogP contribution in [0.4, 0.5) is 0 Å². The summed E-state index contributed by atoms with van der Waals surface area (Å²) in [6.45, 7) is 0. The summed E-state index contributed by atoms with van der Waals surface area (Å²) in [6, 6.07) is 21.8. The second-order valence-corrected chi connectivity index (χ2v) is 7.67. The summed E-state index contributed by atoms with van der Waals surface area (Å²) in [7, 11) is 1.61. The van der Waals surface area contributed by atoms with Crippen molar-refractivity contribution >= 4 is 28.4 Å². The van der Waals surface area contributed by atoms with E-state index in [0.717, 1.165) is 22.0 Å². The van der Waals surface area contributed by atoms with E-state index < -0.39 is 0 Å². The molecule has 0 fully saturated rings. The highest BCUT2D eigenvalue weighted by Gasteiger charge is 2.13. The van der Waals surface area contributed by atoms with Gasteiger partial charge in [0.15, 0.2) is 17.3 Å². The molecule has 0 aliphatic heterocycles. The second kappa shape index (κ2) is 8.47. The molecule has 3 aromatic carbocycles. The van der Waals surface area contributed by atoms with Crippen LogP contribution in [0.5, 0.6) is 17.2 Å². The standard InChI is InChI=1S/C24H19NO4S/c1-29-17-8-9-18-19(15-5-3-2-4-6-15)13-24(25-20(18)12-17)30-14-23(28)16-7-10-21(26)22(27)11-16/h2-13,26-27H,14H2,1H3. The van der Waals surface area contributed by atoms with Gasteiger partial charge in [-0.25, -0.2) is 4.98 Å². The Bertz CT molecular complexity index is 1220. The third kappa shape index (κ3) is 4.09. The first-order valence-corrected chi connectivity index (χ1v) is 10.3. The van der Waals surface area contributed by atoms with Crippen LogP contribution >= 0.6 is 11.8 Å². The van der Waals surface area contributed by atoms with Gasteiger partial charge in [0.1, 0.15) is 5.75 Å². The molecule has 0 spiro atoms. The molecule has 1 aromatic heterocycles. The molecular formula is C24H19NO4S. The summed E-state index contributed by atoms with van der Waals surface area (Å²) in [4.78, 5) is 17.2. The predicted molar refractivity (Wildman–Crippen MR) is 119 cm³/mol. The van der Waals surface area contributed by atoms with Gasteiger partial charge in [-0.2, -0.15) is 0 Å². The fourth-order valence-electron chi connectivity index (χ4n) is 3.16. The number of carbonyl (C=O) groups is 1. The van der Waals surface area contributed by atoms with Crippen molar-refractivity contribution in [3.8, 4) is 28.4 Å². The number of rotatable bonds is 6. The van der Waals surface area contributed by atoms with E-state index in [1.54, 1.807) is 7.11 Å². The van der Waals surface area contributed by atoms with Crippen LogP contribution in [0.15, 0.2) is 77.8 Å². The fraction of sp³-hybridized carbons (Fsp3) is 0.0833. The molecule has 0 atom stereocenters. The van der Waals surface area contributed by atoms with E-state index in [1.807, 2.05) is 54.6 Å². The molecule has 6 heteroatoms. The molecule has 150 valence electrons. The number of thioether (sulfide) groups is 1. The third-order valence-corrected chi connectivity index (χ3v) is 5.64. The van der Waals surface area contributed by atoms with Gasteiger partial charge in [-0.1, -0.05) is 42.1 Å². The minimum Gasteiger partial charge on any atom is -0.504 e. The van der Waals surface area contributed by atoms with Crippen molar-refractivity contribution in [3.63, 3.8) is 0 Å². The van der Waals surface area contributed by atoms with Gasteiger partial charge in [0.2, 0.25) is 0 Å². The molecule has 0 bridgehead atoms. The number of Topliss-reactive ketones (excluding diaryl/α,β-unsaturated/α-hetero) is 1. The number of pyridine rings is 1. The first kappa shape index (κ1) is 19.8. The van der Waals surface area contributed by atoms with Gasteiger partial charge in [0.25, 0.3) is 0 Å². The number of phenols is 2. The Kier molecular flexibility index (Phi) is 5.59. The number of phenolic OH excluding ortho intramolecular Hbond substituents is 2. The number of hydrogen-bond donors (Lipinski definition) is 2. The van der Waals surface area contributed by atoms with Crippen LogP contribution in [0.3, 0.4) is 0 Å². The molecule has 0 aliphatic carbocycles. The van der Waals surface area contributed by atoms with E-state index in [-0.39, 0.29) is 23.0 Å². The minimum absolute atomic E-state index is 0.154. The number of fused-ring (bicyclic) bond motifs is 1. The number of nitrogens with zero attached hydrogens (tertiary/aromatic N) is 1. The van der Waals surface area contributed by atoms with Crippen molar-refractivity contribution in [2.24, 2.45) is 0 Å². The lowest BCUT2D eigenvalue weighted by atomic mass is 10.0. The van der Waals surface area contributed by atoms with Gasteiger partial charge in [0, 0.05) is 17.0 Å². The summed E-state index contributed by atoms with van der Waals surface area (Å²) < 4.78 is 5.34. The maximum absolute atomic E-state index is 12.5. The Hall–Kier alpha value is -3.51. The van der Waals surface area contributed by atoms with Crippen LogP contribution in [0.1, 0.15) is 10.4 Å². The average molecular weight is 417 g/mol. The molecular weight excluding hydrogens is 398 g/mol. The van der Waals surface area contributed by atoms with E-state index in [0.29, 0.717) is 16.3 Å². The number of aromatic hydroxyl groups is 2. The number of carbonyl (C=O) groups excluding carboxylic acids is 1. The molecule has 0 saturated heterocycles. The Morgan fingerprint density at radius 2 is 1.77 bits per heavy atom. The van der Waals surface area contributed by atoms with Gasteiger partial charge in [-0.15, -0.1) is 0 Å². The van der Waals surface area contributed by atoms with Gasteiger partial charge >= 0.3 is 0 Å². The smallest absolute Gasteiger partial charge is 0.173 e. The van der Waals surface area contributed by atoms with Crippen molar-refractivity contribution in [1.82, 2.24) is 4.98 Å². The summed E-state index contributed by atoms with van der Waals surface area (Å²) in [6.07, 6.45) is 0. The topological polar surface area (TPSA) is 79.7 Å². The summed E-state index contributed by atoms with van der Waals surface area (Å²) in [5.74, 6) is 0.141.